The number of aromatic nitrogens is 2. The van der Waals surface area contributed by atoms with Crippen LogP contribution in [0.4, 0.5) is 0 Å². The Morgan fingerprint density at radius 3 is 2.79 bits per heavy atom. The van der Waals surface area contributed by atoms with Crippen LogP contribution in [0.25, 0.3) is 0 Å². The molecule has 14 heavy (non-hydrogen) atoms. The van der Waals surface area contributed by atoms with Gasteiger partial charge in [-0.3, -0.25) is 14.3 Å². The van der Waals surface area contributed by atoms with Crippen molar-refractivity contribution in [3.63, 3.8) is 0 Å². The van der Waals surface area contributed by atoms with Crippen molar-refractivity contribution in [2.24, 2.45) is 0 Å². The highest BCUT2D eigenvalue weighted by molar-refractivity contribution is 14.1. The zero-order valence-corrected chi connectivity index (χ0v) is 9.11. The van der Waals surface area contributed by atoms with Gasteiger partial charge in [0.2, 0.25) is 0 Å². The van der Waals surface area contributed by atoms with Gasteiger partial charge in [-0.25, -0.2) is 4.79 Å². The molecule has 0 aliphatic heterocycles. The van der Waals surface area contributed by atoms with Crippen LogP contribution in [-0.2, 0) is 11.3 Å². The summed E-state index contributed by atoms with van der Waals surface area (Å²) in [4.78, 5) is 34.2. The number of nitrogens with zero attached hydrogens (tertiary/aromatic N) is 1. The molecule has 0 fully saturated rings. The molecule has 0 aromatic carbocycles. The lowest BCUT2D eigenvalue weighted by molar-refractivity contribution is -0.305. The van der Waals surface area contributed by atoms with E-state index in [1.807, 2.05) is 0 Å². The number of aliphatic carboxylic acids is 1. The molecule has 76 valence electrons. The van der Waals surface area contributed by atoms with Crippen molar-refractivity contribution in [3.05, 3.63) is 30.6 Å². The second kappa shape index (κ2) is 4.40. The Bertz CT molecular complexity index is 461. The summed E-state index contributed by atoms with van der Waals surface area (Å²) >= 11 is 1.76. The second-order valence-corrected chi connectivity index (χ2v) is 3.71. The maximum Gasteiger partial charge on any atom is 0.328 e. The van der Waals surface area contributed by atoms with Gasteiger partial charge in [0, 0.05) is 25.1 Å². The lowest BCUT2D eigenvalue weighted by Crippen LogP contribution is -2.33. The summed E-state index contributed by atoms with van der Waals surface area (Å²) in [5.74, 6) is -1.24. The zero-order valence-electron chi connectivity index (χ0n) is 6.95. The molecule has 1 N–H and O–H groups in total. The third-order valence-corrected chi connectivity index (χ3v) is 2.29. The van der Waals surface area contributed by atoms with Gasteiger partial charge in [0.05, 0.1) is 3.57 Å². The van der Waals surface area contributed by atoms with Crippen LogP contribution in [0.3, 0.4) is 0 Å². The van der Waals surface area contributed by atoms with Crippen molar-refractivity contribution in [2.45, 2.75) is 13.0 Å². The van der Waals surface area contributed by atoms with Crippen LogP contribution >= 0.6 is 22.6 Å². The van der Waals surface area contributed by atoms with Crippen molar-refractivity contribution < 1.29 is 9.90 Å². The Balaban J connectivity index is 2.99. The number of carbonyl (C=O) groups excluding carboxylic acids is 1. The van der Waals surface area contributed by atoms with Crippen molar-refractivity contribution in [1.29, 1.82) is 0 Å². The van der Waals surface area contributed by atoms with E-state index in [0.717, 1.165) is 4.57 Å². The fraction of sp³-hybridized carbons (Fsp3) is 0.286. The molecule has 0 aliphatic rings. The Labute approximate surface area is 91.7 Å². The van der Waals surface area contributed by atoms with Crippen LogP contribution in [-0.4, -0.2) is 15.5 Å². The van der Waals surface area contributed by atoms with E-state index in [9.17, 15) is 19.5 Å². The number of hydrogen-bond acceptors (Lipinski definition) is 4. The van der Waals surface area contributed by atoms with E-state index in [-0.39, 0.29) is 13.0 Å². The molecule has 0 bridgehead atoms. The molecule has 0 unspecified atom stereocenters. The van der Waals surface area contributed by atoms with Gasteiger partial charge in [0.25, 0.3) is 5.56 Å². The highest BCUT2D eigenvalue weighted by Crippen LogP contribution is 1.93. The van der Waals surface area contributed by atoms with Gasteiger partial charge in [-0.1, -0.05) is 0 Å². The number of nitrogens with one attached hydrogen (secondary N) is 1. The van der Waals surface area contributed by atoms with Crippen LogP contribution in [0.2, 0.25) is 0 Å². The summed E-state index contributed by atoms with van der Waals surface area (Å²) in [6.07, 6.45) is 1.05. The molecule has 1 rings (SSSR count). The molecule has 7 heteroatoms. The zero-order chi connectivity index (χ0) is 10.7. The third-order valence-electron chi connectivity index (χ3n) is 1.52. The number of rotatable bonds is 3. The minimum atomic E-state index is -1.24. The van der Waals surface area contributed by atoms with E-state index in [4.69, 9.17) is 0 Å². The summed E-state index contributed by atoms with van der Waals surface area (Å²) in [6.45, 7) is -0.00600. The molecule has 1 aromatic heterocycles. The Kier molecular flexibility index (Phi) is 3.44. The van der Waals surface area contributed by atoms with Gasteiger partial charge in [-0.05, 0) is 22.6 Å². The SMILES string of the molecule is O=C([O-])CCn1cc(I)c(=O)[nH]c1=O. The quantitative estimate of drug-likeness (QED) is 0.672. The van der Waals surface area contributed by atoms with E-state index < -0.39 is 17.2 Å². The molecule has 0 atom stereocenters. The van der Waals surface area contributed by atoms with Crippen LogP contribution in [0.5, 0.6) is 0 Å². The van der Waals surface area contributed by atoms with Crippen molar-refractivity contribution >= 4 is 28.6 Å². The molecule has 0 radical (unpaired) electrons. The molecular formula is C7H6IN2O4-. The van der Waals surface area contributed by atoms with Crippen molar-refractivity contribution in [2.75, 3.05) is 0 Å². The molecule has 0 saturated heterocycles. The number of carboxylic acids is 1. The van der Waals surface area contributed by atoms with Gasteiger partial charge < -0.3 is 9.90 Å². The van der Waals surface area contributed by atoms with Crippen molar-refractivity contribution in [1.82, 2.24) is 9.55 Å². The fourth-order valence-corrected chi connectivity index (χ4v) is 1.33. The molecule has 1 heterocycles. The number of hydrogen-bond donors (Lipinski definition) is 1. The number of carboxylic acid groups (broad SMARTS) is 1. The summed E-state index contributed by atoms with van der Waals surface area (Å²) in [5, 5.41) is 10.1. The van der Waals surface area contributed by atoms with E-state index in [2.05, 4.69) is 4.98 Å². The number of aromatic amines is 1. The molecule has 0 amide bonds. The Morgan fingerprint density at radius 1 is 1.57 bits per heavy atom. The minimum absolute atomic E-state index is 0.00600. The highest BCUT2D eigenvalue weighted by Gasteiger charge is 2.01. The predicted molar refractivity (Wildman–Crippen MR) is 53.7 cm³/mol. The minimum Gasteiger partial charge on any atom is -0.550 e. The fourth-order valence-electron chi connectivity index (χ4n) is 0.861. The van der Waals surface area contributed by atoms with Crippen LogP contribution in [0, 0.1) is 3.57 Å². The molecule has 0 saturated carbocycles. The molecule has 0 aliphatic carbocycles. The van der Waals surface area contributed by atoms with Crippen LogP contribution in [0.15, 0.2) is 15.8 Å². The standard InChI is InChI=1S/C7H7IN2O4/c8-4-3-10(2-1-5(11)12)7(14)9-6(4)13/h3H,1-2H2,(H,11,12)(H,9,13,14)/p-1. The normalized spacial score (nSPS) is 10.1. The number of H-pyrrole nitrogens is 1. The Hall–Kier alpha value is -1.12. The molecule has 0 spiro atoms. The first kappa shape index (κ1) is 11.0. The number of halogens is 1. The first-order valence-electron chi connectivity index (χ1n) is 3.70. The first-order chi connectivity index (χ1) is 6.50. The lowest BCUT2D eigenvalue weighted by Gasteiger charge is -2.05. The summed E-state index contributed by atoms with van der Waals surface area (Å²) < 4.78 is 1.46. The van der Waals surface area contributed by atoms with Gasteiger partial charge >= 0.3 is 5.69 Å². The predicted octanol–water partition coefficient (Wildman–Crippen LogP) is -1.72. The maximum absolute atomic E-state index is 11.1. The van der Waals surface area contributed by atoms with Crippen molar-refractivity contribution in [3.8, 4) is 0 Å². The van der Waals surface area contributed by atoms with Crippen LogP contribution in [0.1, 0.15) is 6.42 Å². The topological polar surface area (TPSA) is 95.0 Å². The average Bonchev–Trinajstić information content (AvgIpc) is 2.09. The monoisotopic (exact) mass is 309 g/mol. The van der Waals surface area contributed by atoms with E-state index in [0.29, 0.717) is 3.57 Å². The maximum atomic E-state index is 11.1. The highest BCUT2D eigenvalue weighted by atomic mass is 127. The number of aryl methyl sites for hydroxylation is 1. The summed E-state index contributed by atoms with van der Waals surface area (Å²) in [6, 6.07) is 0. The van der Waals surface area contributed by atoms with Crippen LogP contribution < -0.4 is 16.4 Å². The van der Waals surface area contributed by atoms with E-state index >= 15 is 0 Å². The van der Waals surface area contributed by atoms with Gasteiger partial charge in [-0.2, -0.15) is 0 Å². The van der Waals surface area contributed by atoms with E-state index in [1.54, 1.807) is 22.6 Å². The van der Waals surface area contributed by atoms with Gasteiger partial charge in [-0.15, -0.1) is 0 Å². The molecule has 1 aromatic rings. The van der Waals surface area contributed by atoms with Gasteiger partial charge in [0.1, 0.15) is 0 Å². The average molecular weight is 309 g/mol. The number of carbonyl (C=O) groups is 1. The summed E-state index contributed by atoms with van der Waals surface area (Å²) in [7, 11) is 0. The lowest BCUT2D eigenvalue weighted by atomic mass is 10.4. The first-order valence-corrected chi connectivity index (χ1v) is 4.77. The van der Waals surface area contributed by atoms with Gasteiger partial charge in [0.15, 0.2) is 0 Å². The smallest absolute Gasteiger partial charge is 0.328 e. The summed E-state index contributed by atoms with van der Waals surface area (Å²) in [5.41, 5.74) is -1.09. The largest absolute Gasteiger partial charge is 0.550 e. The molecule has 6 nitrogen and oxygen atoms in total. The third kappa shape index (κ3) is 2.69. The van der Waals surface area contributed by atoms with E-state index in [1.165, 1.54) is 6.20 Å². The second-order valence-electron chi connectivity index (χ2n) is 2.55. The molecular weight excluding hydrogens is 303 g/mol. The Morgan fingerprint density at radius 2 is 2.21 bits per heavy atom.